The Morgan fingerprint density at radius 1 is 1.22 bits per heavy atom. The Hall–Kier alpha value is -1.54. The van der Waals surface area contributed by atoms with Gasteiger partial charge >= 0.3 is 5.97 Å². The average Bonchev–Trinajstić information content (AvgIpc) is 2.73. The Balaban J connectivity index is 0.00000256. The van der Waals surface area contributed by atoms with E-state index in [-0.39, 0.29) is 45.4 Å². The minimum absolute atomic E-state index is 0. The summed E-state index contributed by atoms with van der Waals surface area (Å²) in [7, 11) is 0. The molecule has 178 valence electrons. The van der Waals surface area contributed by atoms with Gasteiger partial charge in [-0.05, 0) is 60.2 Å². The van der Waals surface area contributed by atoms with Crippen LogP contribution in [0.2, 0.25) is 5.02 Å². The smallest absolute Gasteiger partial charge is 0.303 e. The first kappa shape index (κ1) is 28.5. The van der Waals surface area contributed by atoms with Gasteiger partial charge in [0.1, 0.15) is 0 Å². The zero-order valence-corrected chi connectivity index (χ0v) is 21.7. The second-order valence-corrected chi connectivity index (χ2v) is 8.63. The first-order chi connectivity index (χ1) is 14.4. The van der Waals surface area contributed by atoms with Crippen LogP contribution in [0.15, 0.2) is 42.5 Å². The predicted molar refractivity (Wildman–Crippen MR) is 144 cm³/mol. The van der Waals surface area contributed by atoms with Gasteiger partial charge in [0.05, 0.1) is 37.1 Å². The Kier molecular flexibility index (Phi) is 11.8. The zero-order valence-electron chi connectivity index (χ0n) is 18.9. The molecule has 2 aromatic carbocycles. The number of hydrogen-bond donors (Lipinski definition) is 2. The van der Waals surface area contributed by atoms with E-state index in [1.807, 2.05) is 31.2 Å². The van der Waals surface area contributed by atoms with Crippen molar-refractivity contribution in [3.63, 3.8) is 0 Å². The number of aliphatic carboxylic acids is 1. The summed E-state index contributed by atoms with van der Waals surface area (Å²) in [5.74, 6) is -0.345. The lowest BCUT2D eigenvalue weighted by molar-refractivity contribution is -0.137. The molecule has 2 atom stereocenters. The number of carbonyl (C=O) groups is 1. The van der Waals surface area contributed by atoms with E-state index < -0.39 is 5.97 Å². The lowest BCUT2D eigenvalue weighted by Gasteiger charge is -2.40. The van der Waals surface area contributed by atoms with Gasteiger partial charge in [0.15, 0.2) is 0 Å². The van der Waals surface area contributed by atoms with Gasteiger partial charge in [-0.1, -0.05) is 38.4 Å². The summed E-state index contributed by atoms with van der Waals surface area (Å²) in [5.41, 5.74) is 4.07. The number of rotatable bonds is 8. The number of morpholine rings is 1. The first-order valence-corrected chi connectivity index (χ1v) is 11.0. The largest absolute Gasteiger partial charge is 0.481 e. The van der Waals surface area contributed by atoms with Crippen LogP contribution >= 0.6 is 38.6 Å². The van der Waals surface area contributed by atoms with Gasteiger partial charge in [-0.15, -0.1) is 0 Å². The highest BCUT2D eigenvalue weighted by atomic mass is 35.5. The molecule has 32 heavy (non-hydrogen) atoms. The molecule has 2 N–H and O–H groups in total. The van der Waals surface area contributed by atoms with Crippen LogP contribution in [0.25, 0.3) is 0 Å². The second kappa shape index (κ2) is 13.2. The number of halogens is 1. The van der Waals surface area contributed by atoms with Gasteiger partial charge in [-0.2, -0.15) is 27.0 Å². The number of benzene rings is 2. The summed E-state index contributed by atoms with van der Waals surface area (Å²) in [4.78, 5) is 13.7. The van der Waals surface area contributed by atoms with Gasteiger partial charge in [0, 0.05) is 17.3 Å². The van der Waals surface area contributed by atoms with Crippen molar-refractivity contribution < 1.29 is 14.6 Å². The highest BCUT2D eigenvalue weighted by Crippen LogP contribution is 2.37. The number of anilines is 3. The van der Waals surface area contributed by atoms with Gasteiger partial charge in [0.25, 0.3) is 0 Å². The molecule has 3 rings (SSSR count). The highest BCUT2D eigenvalue weighted by molar-refractivity contribution is 7.59. The van der Waals surface area contributed by atoms with Crippen molar-refractivity contribution in [2.45, 2.75) is 45.6 Å². The lowest BCUT2D eigenvalue weighted by Crippen LogP contribution is -2.48. The van der Waals surface area contributed by atoms with Gasteiger partial charge in [-0.25, -0.2) is 0 Å². The van der Waals surface area contributed by atoms with Crippen LogP contribution in [0.5, 0.6) is 0 Å². The number of nitrogens with one attached hydrogen (secondary N) is 1. The van der Waals surface area contributed by atoms with Crippen LogP contribution in [0.4, 0.5) is 17.1 Å². The standard InChI is InChI=1S/C24H31ClN2O3.2H2S/c1-4-17(14-24(28)29)18-5-10-22(27-11-12-30-15-23(27)16(2)3)21(13-18)26-20-8-6-19(25)7-9-20;;/h5-10,13,16-17,23,26H,4,11-12,14-15H2,1-3H3,(H,28,29);2*1H2/t17-,23+;;/m0../s1. The molecular weight excluding hydrogens is 464 g/mol. The summed E-state index contributed by atoms with van der Waals surface area (Å²) in [6, 6.07) is 14.2. The summed E-state index contributed by atoms with van der Waals surface area (Å²) in [6.45, 7) is 8.69. The number of ether oxygens (including phenoxy) is 1. The van der Waals surface area contributed by atoms with Crippen molar-refractivity contribution in [2.75, 3.05) is 30.0 Å². The maximum absolute atomic E-state index is 11.3. The summed E-state index contributed by atoms with van der Waals surface area (Å²) in [6.07, 6.45) is 0.903. The molecule has 0 saturated carbocycles. The molecule has 0 radical (unpaired) electrons. The summed E-state index contributed by atoms with van der Waals surface area (Å²) in [5, 5.41) is 13.5. The van der Waals surface area contributed by atoms with Crippen LogP contribution in [-0.2, 0) is 9.53 Å². The number of carboxylic acid groups (broad SMARTS) is 1. The molecule has 2 aromatic rings. The van der Waals surface area contributed by atoms with Crippen LogP contribution in [-0.4, -0.2) is 36.9 Å². The maximum atomic E-state index is 11.3. The van der Waals surface area contributed by atoms with Crippen LogP contribution in [0, 0.1) is 5.92 Å². The summed E-state index contributed by atoms with van der Waals surface area (Å²) >= 11 is 6.05. The van der Waals surface area contributed by atoms with E-state index in [4.69, 9.17) is 16.3 Å². The van der Waals surface area contributed by atoms with Crippen molar-refractivity contribution in [2.24, 2.45) is 5.92 Å². The number of carboxylic acids is 1. The van der Waals surface area contributed by atoms with Crippen molar-refractivity contribution in [1.29, 1.82) is 0 Å². The molecular formula is C24H35ClN2O3S2. The molecule has 0 aromatic heterocycles. The molecule has 1 aliphatic rings. The third kappa shape index (κ3) is 7.24. The fourth-order valence-electron chi connectivity index (χ4n) is 4.03. The monoisotopic (exact) mass is 498 g/mol. The molecule has 1 fully saturated rings. The van der Waals surface area contributed by atoms with Gasteiger partial charge < -0.3 is 20.1 Å². The minimum Gasteiger partial charge on any atom is -0.481 e. The zero-order chi connectivity index (χ0) is 21.7. The fourth-order valence-corrected chi connectivity index (χ4v) is 4.16. The van der Waals surface area contributed by atoms with Crippen molar-refractivity contribution in [3.8, 4) is 0 Å². The van der Waals surface area contributed by atoms with E-state index in [0.717, 1.165) is 35.6 Å². The van der Waals surface area contributed by atoms with Crippen LogP contribution < -0.4 is 10.2 Å². The van der Waals surface area contributed by atoms with Crippen molar-refractivity contribution in [3.05, 3.63) is 53.1 Å². The highest BCUT2D eigenvalue weighted by Gasteiger charge is 2.28. The molecule has 0 spiro atoms. The number of hydrogen-bond acceptors (Lipinski definition) is 4. The SMILES string of the molecule is CC[C@@H](CC(=O)O)c1ccc(N2CCOC[C@@H]2C(C)C)c(Nc2ccc(Cl)cc2)c1.S.S. The third-order valence-corrected chi connectivity index (χ3v) is 6.03. The molecule has 0 aliphatic carbocycles. The molecule has 0 bridgehead atoms. The average molecular weight is 499 g/mol. The number of nitrogens with zero attached hydrogens (tertiary/aromatic N) is 1. The van der Waals surface area contributed by atoms with Crippen molar-refractivity contribution >= 4 is 61.6 Å². The minimum atomic E-state index is -0.772. The molecule has 1 aliphatic heterocycles. The van der Waals surface area contributed by atoms with Gasteiger partial charge in [-0.3, -0.25) is 4.79 Å². The Morgan fingerprint density at radius 3 is 2.50 bits per heavy atom. The van der Waals surface area contributed by atoms with E-state index >= 15 is 0 Å². The van der Waals surface area contributed by atoms with E-state index in [0.29, 0.717) is 24.2 Å². The van der Waals surface area contributed by atoms with Crippen LogP contribution in [0.1, 0.15) is 45.1 Å². The quantitative estimate of drug-likeness (QED) is 0.457. The van der Waals surface area contributed by atoms with E-state index in [1.54, 1.807) is 0 Å². The normalized spacial score (nSPS) is 16.7. The van der Waals surface area contributed by atoms with E-state index in [2.05, 4.69) is 42.3 Å². The molecule has 0 unspecified atom stereocenters. The van der Waals surface area contributed by atoms with E-state index in [1.165, 1.54) is 0 Å². The maximum Gasteiger partial charge on any atom is 0.303 e. The Bertz CT molecular complexity index is 865. The van der Waals surface area contributed by atoms with E-state index in [9.17, 15) is 9.90 Å². The molecule has 1 saturated heterocycles. The summed E-state index contributed by atoms with van der Waals surface area (Å²) < 4.78 is 5.75. The fraction of sp³-hybridized carbons (Fsp3) is 0.458. The topological polar surface area (TPSA) is 61.8 Å². The molecule has 0 amide bonds. The Labute approximate surface area is 210 Å². The lowest BCUT2D eigenvalue weighted by atomic mass is 9.92. The van der Waals surface area contributed by atoms with Crippen molar-refractivity contribution in [1.82, 2.24) is 0 Å². The predicted octanol–water partition coefficient (Wildman–Crippen LogP) is 6.14. The molecule has 5 nitrogen and oxygen atoms in total. The third-order valence-electron chi connectivity index (χ3n) is 5.77. The second-order valence-electron chi connectivity index (χ2n) is 8.19. The van der Waals surface area contributed by atoms with Crippen LogP contribution in [0.3, 0.4) is 0 Å². The van der Waals surface area contributed by atoms with Gasteiger partial charge in [0.2, 0.25) is 0 Å². The molecule has 1 heterocycles. The molecule has 8 heteroatoms. The Morgan fingerprint density at radius 2 is 1.91 bits per heavy atom. The first-order valence-electron chi connectivity index (χ1n) is 10.6.